The molecule has 1 atom stereocenters. The van der Waals surface area contributed by atoms with Crippen molar-refractivity contribution in [1.29, 1.82) is 0 Å². The quantitative estimate of drug-likeness (QED) is 0.673. The van der Waals surface area contributed by atoms with Gasteiger partial charge in [0.15, 0.2) is 0 Å². The fraction of sp³-hybridized carbons (Fsp3) is 0.318. The normalized spacial score (nSPS) is 17.7. The van der Waals surface area contributed by atoms with E-state index in [0.29, 0.717) is 0 Å². The van der Waals surface area contributed by atoms with Crippen molar-refractivity contribution in [3.63, 3.8) is 0 Å². The molecule has 1 fully saturated rings. The summed E-state index contributed by atoms with van der Waals surface area (Å²) in [6.45, 7) is 2.34. The molecule has 4 rings (SSSR count). The number of halogens is 1. The first kappa shape index (κ1) is 16.6. The number of piperidine rings is 1. The van der Waals surface area contributed by atoms with Gasteiger partial charge in [-0.15, -0.1) is 0 Å². The molecular weight excluding hydrogens is 328 g/mol. The molecule has 128 valence electrons. The van der Waals surface area contributed by atoms with Gasteiger partial charge in [0.25, 0.3) is 0 Å². The number of aryl methyl sites for hydroxylation is 1. The zero-order valence-corrected chi connectivity index (χ0v) is 15.1. The Morgan fingerprint density at radius 1 is 1.08 bits per heavy atom. The van der Waals surface area contributed by atoms with Gasteiger partial charge in [-0.3, -0.25) is 0 Å². The van der Waals surface area contributed by atoms with Crippen molar-refractivity contribution in [1.82, 2.24) is 10.3 Å². The van der Waals surface area contributed by atoms with E-state index in [0.717, 1.165) is 40.7 Å². The number of nitrogens with one attached hydrogen (secondary N) is 1. The van der Waals surface area contributed by atoms with E-state index in [9.17, 15) is 0 Å². The predicted molar refractivity (Wildman–Crippen MR) is 106 cm³/mol. The maximum Gasteiger partial charge on any atom is 0.0712 e. The monoisotopic (exact) mass is 350 g/mol. The van der Waals surface area contributed by atoms with Crippen LogP contribution in [0.4, 0.5) is 0 Å². The van der Waals surface area contributed by atoms with Gasteiger partial charge in [-0.25, -0.2) is 4.98 Å². The Balaban J connectivity index is 1.67. The maximum absolute atomic E-state index is 6.03. The van der Waals surface area contributed by atoms with Gasteiger partial charge in [-0.05, 0) is 74.5 Å². The summed E-state index contributed by atoms with van der Waals surface area (Å²) in [5, 5.41) is 5.57. The van der Waals surface area contributed by atoms with Gasteiger partial charge in [0.05, 0.1) is 11.2 Å². The highest BCUT2D eigenvalue weighted by Gasteiger charge is 2.14. The van der Waals surface area contributed by atoms with Gasteiger partial charge < -0.3 is 5.32 Å². The first-order valence-electron chi connectivity index (χ1n) is 9.15. The molecule has 0 saturated carbocycles. The van der Waals surface area contributed by atoms with E-state index in [4.69, 9.17) is 16.6 Å². The zero-order valence-electron chi connectivity index (χ0n) is 14.3. The summed E-state index contributed by atoms with van der Waals surface area (Å²) in [5.41, 5.74) is 4.63. The largest absolute Gasteiger partial charge is 0.316 e. The summed E-state index contributed by atoms with van der Waals surface area (Å²) in [5.74, 6) is 0.791. The molecule has 2 aromatic carbocycles. The number of para-hydroxylation sites is 1. The molecule has 2 heterocycles. The highest BCUT2D eigenvalue weighted by Crippen LogP contribution is 2.28. The molecular formula is C22H23ClN2. The number of rotatable bonds is 4. The Morgan fingerprint density at radius 3 is 2.72 bits per heavy atom. The average molecular weight is 351 g/mol. The summed E-state index contributed by atoms with van der Waals surface area (Å²) < 4.78 is 0. The molecule has 0 spiro atoms. The van der Waals surface area contributed by atoms with Crippen LogP contribution in [0.3, 0.4) is 0 Å². The minimum atomic E-state index is 0.759. The fourth-order valence-corrected chi connectivity index (χ4v) is 3.88. The second-order valence-electron chi connectivity index (χ2n) is 6.94. The number of hydrogen-bond acceptors (Lipinski definition) is 2. The SMILES string of the molecule is Clc1ccc(-c2cc(CCC3CCCNC3)c3ccccc3n2)cc1. The lowest BCUT2D eigenvalue weighted by molar-refractivity contribution is 0.358. The maximum atomic E-state index is 6.03. The fourth-order valence-electron chi connectivity index (χ4n) is 3.75. The van der Waals surface area contributed by atoms with Crippen LogP contribution < -0.4 is 5.32 Å². The molecule has 1 N–H and O–H groups in total. The Bertz CT molecular complexity index is 852. The van der Waals surface area contributed by atoms with Gasteiger partial charge >= 0.3 is 0 Å². The van der Waals surface area contributed by atoms with Crippen LogP contribution in [-0.2, 0) is 6.42 Å². The first-order chi connectivity index (χ1) is 12.3. The minimum absolute atomic E-state index is 0.759. The van der Waals surface area contributed by atoms with Crippen molar-refractivity contribution >= 4 is 22.5 Å². The molecule has 1 aliphatic heterocycles. The molecule has 25 heavy (non-hydrogen) atoms. The van der Waals surface area contributed by atoms with Crippen LogP contribution in [0.2, 0.25) is 5.02 Å². The highest BCUT2D eigenvalue weighted by atomic mass is 35.5. The molecule has 1 saturated heterocycles. The van der Waals surface area contributed by atoms with Crippen LogP contribution >= 0.6 is 11.6 Å². The third-order valence-corrected chi connectivity index (χ3v) is 5.41. The van der Waals surface area contributed by atoms with E-state index in [2.05, 4.69) is 35.6 Å². The van der Waals surface area contributed by atoms with Gasteiger partial charge in [0.2, 0.25) is 0 Å². The molecule has 1 unspecified atom stereocenters. The number of hydrogen-bond donors (Lipinski definition) is 1. The van der Waals surface area contributed by atoms with Crippen molar-refractivity contribution in [2.45, 2.75) is 25.7 Å². The number of benzene rings is 2. The van der Waals surface area contributed by atoms with E-state index in [1.807, 2.05) is 24.3 Å². The topological polar surface area (TPSA) is 24.9 Å². The van der Waals surface area contributed by atoms with Gasteiger partial charge in [0.1, 0.15) is 0 Å². The number of nitrogens with zero attached hydrogens (tertiary/aromatic N) is 1. The van der Waals surface area contributed by atoms with Crippen molar-refractivity contribution in [2.24, 2.45) is 5.92 Å². The smallest absolute Gasteiger partial charge is 0.0712 e. The number of pyridine rings is 1. The van der Waals surface area contributed by atoms with Crippen molar-refractivity contribution < 1.29 is 0 Å². The summed E-state index contributed by atoms with van der Waals surface area (Å²) in [4.78, 5) is 4.88. The van der Waals surface area contributed by atoms with E-state index in [-0.39, 0.29) is 0 Å². The zero-order chi connectivity index (χ0) is 17.1. The van der Waals surface area contributed by atoms with Crippen LogP contribution in [0.15, 0.2) is 54.6 Å². The van der Waals surface area contributed by atoms with Crippen LogP contribution in [0.1, 0.15) is 24.8 Å². The lowest BCUT2D eigenvalue weighted by Crippen LogP contribution is -2.29. The predicted octanol–water partition coefficient (Wildman–Crippen LogP) is 5.49. The van der Waals surface area contributed by atoms with Crippen molar-refractivity contribution in [3.8, 4) is 11.3 Å². The summed E-state index contributed by atoms with van der Waals surface area (Å²) in [6, 6.07) is 18.7. The summed E-state index contributed by atoms with van der Waals surface area (Å²) in [6.07, 6.45) is 4.99. The molecule has 2 nitrogen and oxygen atoms in total. The lowest BCUT2D eigenvalue weighted by Gasteiger charge is -2.23. The Morgan fingerprint density at radius 2 is 1.92 bits per heavy atom. The average Bonchev–Trinajstić information content (AvgIpc) is 2.67. The van der Waals surface area contributed by atoms with E-state index in [1.54, 1.807) is 0 Å². The number of aromatic nitrogens is 1. The Labute approximate surface area is 154 Å². The molecule has 0 radical (unpaired) electrons. The van der Waals surface area contributed by atoms with Crippen LogP contribution in [0, 0.1) is 5.92 Å². The Hall–Kier alpha value is -1.90. The van der Waals surface area contributed by atoms with E-state index >= 15 is 0 Å². The Kier molecular flexibility index (Phi) is 5.00. The lowest BCUT2D eigenvalue weighted by atomic mass is 9.91. The third-order valence-electron chi connectivity index (χ3n) is 5.16. The standard InChI is InChI=1S/C22H23ClN2/c23-19-11-9-17(10-12-19)22-14-18(8-7-16-4-3-13-24-15-16)20-5-1-2-6-21(20)25-22/h1-2,5-6,9-12,14,16,24H,3-4,7-8,13,15H2. The van der Waals surface area contributed by atoms with Crippen LogP contribution in [0.25, 0.3) is 22.2 Å². The molecule has 3 heteroatoms. The first-order valence-corrected chi connectivity index (χ1v) is 9.53. The molecule has 0 amide bonds. The molecule has 1 aliphatic rings. The molecule has 0 bridgehead atoms. The van der Waals surface area contributed by atoms with E-state index < -0.39 is 0 Å². The minimum Gasteiger partial charge on any atom is -0.316 e. The third kappa shape index (κ3) is 3.86. The second-order valence-corrected chi connectivity index (χ2v) is 7.38. The van der Waals surface area contributed by atoms with E-state index in [1.165, 1.54) is 36.8 Å². The molecule has 3 aromatic rings. The highest BCUT2D eigenvalue weighted by molar-refractivity contribution is 6.30. The number of fused-ring (bicyclic) bond motifs is 1. The summed E-state index contributed by atoms with van der Waals surface area (Å²) in [7, 11) is 0. The molecule has 1 aromatic heterocycles. The van der Waals surface area contributed by atoms with Crippen LogP contribution in [0.5, 0.6) is 0 Å². The van der Waals surface area contributed by atoms with Gasteiger partial charge in [-0.2, -0.15) is 0 Å². The van der Waals surface area contributed by atoms with Crippen molar-refractivity contribution in [2.75, 3.05) is 13.1 Å². The second kappa shape index (κ2) is 7.55. The molecule has 0 aliphatic carbocycles. The van der Waals surface area contributed by atoms with Crippen LogP contribution in [-0.4, -0.2) is 18.1 Å². The van der Waals surface area contributed by atoms with Gasteiger partial charge in [-0.1, -0.05) is 41.9 Å². The van der Waals surface area contributed by atoms with Gasteiger partial charge in [0, 0.05) is 16.0 Å². The summed E-state index contributed by atoms with van der Waals surface area (Å²) >= 11 is 6.03. The van der Waals surface area contributed by atoms with Crippen molar-refractivity contribution in [3.05, 3.63) is 65.2 Å².